The summed E-state index contributed by atoms with van der Waals surface area (Å²) in [5.74, 6) is 0. The molecule has 4 nitrogen and oxygen atoms in total. The molecule has 0 aliphatic rings. The largest absolute Gasteiger partial charge is 0.272 e. The minimum atomic E-state index is -0.384. The molecule has 0 radical (unpaired) electrons. The Labute approximate surface area is 113 Å². The summed E-state index contributed by atoms with van der Waals surface area (Å²) in [6, 6.07) is 6.65. The molecule has 0 saturated carbocycles. The molecule has 2 aromatic rings. The number of rotatable bonds is 4. The average molecular weight is 283 g/mol. The highest BCUT2D eigenvalue weighted by atomic mass is 35.5. The number of thiazole rings is 1. The van der Waals surface area contributed by atoms with Crippen molar-refractivity contribution in [2.75, 3.05) is 0 Å². The number of alkyl halides is 1. The zero-order chi connectivity index (χ0) is 13.1. The van der Waals surface area contributed by atoms with Gasteiger partial charge in [-0.3, -0.25) is 10.1 Å². The van der Waals surface area contributed by atoms with Gasteiger partial charge in [0.1, 0.15) is 0 Å². The highest BCUT2D eigenvalue weighted by molar-refractivity contribution is 7.09. The first kappa shape index (κ1) is 13.0. The van der Waals surface area contributed by atoms with Crippen molar-refractivity contribution in [1.29, 1.82) is 0 Å². The zero-order valence-electron chi connectivity index (χ0n) is 9.67. The quantitative estimate of drug-likeness (QED) is 0.486. The van der Waals surface area contributed by atoms with Crippen LogP contribution >= 0.6 is 22.9 Å². The molecule has 0 spiro atoms. The monoisotopic (exact) mass is 282 g/mol. The van der Waals surface area contributed by atoms with E-state index in [0.29, 0.717) is 12.0 Å². The maximum atomic E-state index is 10.9. The van der Waals surface area contributed by atoms with Crippen LogP contribution in [0.5, 0.6) is 0 Å². The molecule has 0 fully saturated rings. The Morgan fingerprint density at radius 3 is 2.83 bits per heavy atom. The lowest BCUT2D eigenvalue weighted by atomic mass is 10.1. The van der Waals surface area contributed by atoms with E-state index in [2.05, 4.69) is 4.98 Å². The Kier molecular flexibility index (Phi) is 3.93. The van der Waals surface area contributed by atoms with Crippen LogP contribution in [-0.4, -0.2) is 9.91 Å². The first-order valence-corrected chi connectivity index (χ1v) is 6.68. The predicted molar refractivity (Wildman–Crippen MR) is 72.2 cm³/mol. The van der Waals surface area contributed by atoms with Crippen LogP contribution in [0.3, 0.4) is 0 Å². The van der Waals surface area contributed by atoms with Crippen LogP contribution in [0.4, 0.5) is 5.69 Å². The number of aromatic nitrogens is 1. The second kappa shape index (κ2) is 5.46. The standard InChI is InChI=1S/C12H11ClN2O2S/c1-8-14-11(7-18-8)10(13)6-9-4-2-3-5-12(9)15(16)17/h2-5,7,10H,6H2,1H3. The highest BCUT2D eigenvalue weighted by Gasteiger charge is 2.18. The van der Waals surface area contributed by atoms with E-state index in [1.165, 1.54) is 17.4 Å². The molecule has 0 aliphatic carbocycles. The number of para-hydroxylation sites is 1. The zero-order valence-corrected chi connectivity index (χ0v) is 11.2. The number of hydrogen-bond donors (Lipinski definition) is 0. The van der Waals surface area contributed by atoms with Crippen molar-refractivity contribution >= 4 is 28.6 Å². The van der Waals surface area contributed by atoms with Crippen LogP contribution in [-0.2, 0) is 6.42 Å². The molecule has 2 rings (SSSR count). The van der Waals surface area contributed by atoms with Gasteiger partial charge in [0.2, 0.25) is 0 Å². The van der Waals surface area contributed by atoms with Crippen molar-refractivity contribution in [3.8, 4) is 0 Å². The summed E-state index contributed by atoms with van der Waals surface area (Å²) in [6.45, 7) is 1.91. The normalized spacial score (nSPS) is 12.3. The van der Waals surface area contributed by atoms with Crippen molar-refractivity contribution in [1.82, 2.24) is 4.98 Å². The highest BCUT2D eigenvalue weighted by Crippen LogP contribution is 2.29. The van der Waals surface area contributed by atoms with Crippen molar-refractivity contribution in [3.05, 3.63) is 56.0 Å². The van der Waals surface area contributed by atoms with Crippen LogP contribution < -0.4 is 0 Å². The maximum Gasteiger partial charge on any atom is 0.272 e. The van der Waals surface area contributed by atoms with Gasteiger partial charge in [-0.2, -0.15) is 0 Å². The summed E-state index contributed by atoms with van der Waals surface area (Å²) in [4.78, 5) is 14.8. The Morgan fingerprint density at radius 1 is 1.50 bits per heavy atom. The summed E-state index contributed by atoms with van der Waals surface area (Å²) < 4.78 is 0. The molecule has 0 aliphatic heterocycles. The molecular weight excluding hydrogens is 272 g/mol. The number of nitro benzene ring substituents is 1. The van der Waals surface area contributed by atoms with Gasteiger partial charge < -0.3 is 0 Å². The maximum absolute atomic E-state index is 10.9. The summed E-state index contributed by atoms with van der Waals surface area (Å²) in [5, 5.41) is 13.4. The molecule has 1 aromatic heterocycles. The molecule has 0 saturated heterocycles. The molecule has 18 heavy (non-hydrogen) atoms. The first-order chi connectivity index (χ1) is 8.58. The van der Waals surface area contributed by atoms with Crippen molar-refractivity contribution < 1.29 is 4.92 Å². The molecule has 0 amide bonds. The molecular formula is C12H11ClN2O2S. The Balaban J connectivity index is 2.21. The molecule has 94 valence electrons. The molecule has 0 bridgehead atoms. The fourth-order valence-corrected chi connectivity index (χ4v) is 2.70. The fourth-order valence-electron chi connectivity index (χ4n) is 1.68. The van der Waals surface area contributed by atoms with E-state index in [9.17, 15) is 10.1 Å². The van der Waals surface area contributed by atoms with E-state index >= 15 is 0 Å². The Bertz CT molecular complexity index is 571. The van der Waals surface area contributed by atoms with Crippen molar-refractivity contribution in [2.45, 2.75) is 18.7 Å². The molecule has 1 atom stereocenters. The van der Waals surface area contributed by atoms with E-state index < -0.39 is 0 Å². The smallest absolute Gasteiger partial charge is 0.258 e. The number of hydrogen-bond acceptors (Lipinski definition) is 4. The number of nitro groups is 1. The van der Waals surface area contributed by atoms with Crippen LogP contribution in [0.25, 0.3) is 0 Å². The molecule has 0 N–H and O–H groups in total. The summed E-state index contributed by atoms with van der Waals surface area (Å²) in [6.07, 6.45) is 0.405. The molecule has 1 heterocycles. The second-order valence-corrected chi connectivity index (χ2v) is 5.44. The summed E-state index contributed by atoms with van der Waals surface area (Å²) >= 11 is 7.78. The van der Waals surface area contributed by atoms with Gasteiger partial charge in [0.25, 0.3) is 5.69 Å². The first-order valence-electron chi connectivity index (χ1n) is 5.36. The number of halogens is 1. The lowest BCUT2D eigenvalue weighted by molar-refractivity contribution is -0.385. The fraction of sp³-hybridized carbons (Fsp3) is 0.250. The van der Waals surface area contributed by atoms with Crippen molar-refractivity contribution in [2.24, 2.45) is 0 Å². The topological polar surface area (TPSA) is 56.0 Å². The summed E-state index contributed by atoms with van der Waals surface area (Å²) in [7, 11) is 0. The Hall–Kier alpha value is -1.46. The third kappa shape index (κ3) is 2.86. The van der Waals surface area contributed by atoms with E-state index in [-0.39, 0.29) is 16.0 Å². The average Bonchev–Trinajstić information content (AvgIpc) is 2.76. The Morgan fingerprint density at radius 2 is 2.22 bits per heavy atom. The molecule has 6 heteroatoms. The molecule has 1 unspecified atom stereocenters. The van der Waals surface area contributed by atoms with E-state index in [4.69, 9.17) is 11.6 Å². The number of benzene rings is 1. The van der Waals surface area contributed by atoms with Crippen molar-refractivity contribution in [3.63, 3.8) is 0 Å². The third-order valence-electron chi connectivity index (χ3n) is 2.55. The van der Waals surface area contributed by atoms with Crippen LogP contribution in [0.15, 0.2) is 29.6 Å². The van der Waals surface area contributed by atoms with Gasteiger partial charge >= 0.3 is 0 Å². The van der Waals surface area contributed by atoms with E-state index in [1.54, 1.807) is 18.2 Å². The van der Waals surface area contributed by atoms with E-state index in [0.717, 1.165) is 10.7 Å². The van der Waals surface area contributed by atoms with Crippen LogP contribution in [0.2, 0.25) is 0 Å². The van der Waals surface area contributed by atoms with Gasteiger partial charge in [-0.05, 0) is 6.92 Å². The minimum absolute atomic E-state index is 0.107. The van der Waals surface area contributed by atoms with Gasteiger partial charge in [0, 0.05) is 23.4 Å². The summed E-state index contributed by atoms with van der Waals surface area (Å²) in [5.41, 5.74) is 1.51. The van der Waals surface area contributed by atoms with Gasteiger partial charge in [0.05, 0.1) is 21.0 Å². The van der Waals surface area contributed by atoms with Gasteiger partial charge in [-0.15, -0.1) is 22.9 Å². The van der Waals surface area contributed by atoms with Gasteiger partial charge in [-0.25, -0.2) is 4.98 Å². The second-order valence-electron chi connectivity index (χ2n) is 3.85. The lowest BCUT2D eigenvalue weighted by Gasteiger charge is -2.07. The third-order valence-corrected chi connectivity index (χ3v) is 3.71. The number of aryl methyl sites for hydroxylation is 1. The predicted octanol–water partition coefficient (Wildman–Crippen LogP) is 3.88. The lowest BCUT2D eigenvalue weighted by Crippen LogP contribution is -2.00. The van der Waals surface area contributed by atoms with Crippen LogP contribution in [0, 0.1) is 17.0 Å². The molecule has 1 aromatic carbocycles. The van der Waals surface area contributed by atoms with Crippen LogP contribution in [0.1, 0.15) is 21.6 Å². The van der Waals surface area contributed by atoms with Gasteiger partial charge in [0.15, 0.2) is 0 Å². The van der Waals surface area contributed by atoms with E-state index in [1.807, 2.05) is 12.3 Å². The van der Waals surface area contributed by atoms with Gasteiger partial charge in [-0.1, -0.05) is 18.2 Å². The SMILES string of the molecule is Cc1nc(C(Cl)Cc2ccccc2[N+](=O)[O-])cs1. The minimum Gasteiger partial charge on any atom is -0.258 e. The number of nitrogens with zero attached hydrogens (tertiary/aromatic N) is 2.